The van der Waals surface area contributed by atoms with Gasteiger partial charge in [0.2, 0.25) is 0 Å². The Kier molecular flexibility index (Phi) is 5.58. The minimum absolute atomic E-state index is 0.310. The van der Waals surface area contributed by atoms with Crippen LogP contribution in [0, 0.1) is 0 Å². The van der Waals surface area contributed by atoms with Crippen LogP contribution in [0.4, 0.5) is 0 Å². The summed E-state index contributed by atoms with van der Waals surface area (Å²) in [5.41, 5.74) is 0. The van der Waals surface area contributed by atoms with E-state index in [1.54, 1.807) is 0 Å². The summed E-state index contributed by atoms with van der Waals surface area (Å²) in [5.74, 6) is 0. The topological polar surface area (TPSA) is 49.7 Å². The lowest BCUT2D eigenvalue weighted by Crippen LogP contribution is -2.19. The monoisotopic (exact) mass is 148 g/mol. The quantitative estimate of drug-likeness (QED) is 0.558. The molecule has 2 unspecified atom stereocenters. The lowest BCUT2D eigenvalue weighted by molar-refractivity contribution is -0.115. The van der Waals surface area contributed by atoms with Crippen molar-refractivity contribution in [3.8, 4) is 0 Å². The molecule has 0 aromatic rings. The molecular formula is C7H16O3. The number of aliphatic hydroxyl groups is 2. The molecule has 0 radical (unpaired) electrons. The Morgan fingerprint density at radius 2 is 1.90 bits per heavy atom. The maximum Gasteiger partial charge on any atom is 0.156 e. The summed E-state index contributed by atoms with van der Waals surface area (Å²) in [5, 5.41) is 18.0. The van der Waals surface area contributed by atoms with Crippen LogP contribution in [0.2, 0.25) is 0 Å². The number of hydrogen-bond donors (Lipinski definition) is 2. The summed E-state index contributed by atoms with van der Waals surface area (Å²) in [6.07, 6.45) is -0.282. The van der Waals surface area contributed by atoms with Crippen LogP contribution in [0.25, 0.3) is 0 Å². The first-order valence-electron chi connectivity index (χ1n) is 3.68. The predicted molar refractivity (Wildman–Crippen MR) is 38.5 cm³/mol. The third-order valence-corrected chi connectivity index (χ3v) is 1.30. The summed E-state index contributed by atoms with van der Waals surface area (Å²) in [7, 11) is 0. The van der Waals surface area contributed by atoms with E-state index in [9.17, 15) is 0 Å². The molecule has 0 aliphatic heterocycles. The van der Waals surface area contributed by atoms with Crippen molar-refractivity contribution in [3.63, 3.8) is 0 Å². The van der Waals surface area contributed by atoms with Crippen molar-refractivity contribution < 1.29 is 14.9 Å². The summed E-state index contributed by atoms with van der Waals surface area (Å²) < 4.78 is 4.81. The molecule has 2 atom stereocenters. The molecule has 0 spiro atoms. The molecule has 0 fully saturated rings. The van der Waals surface area contributed by atoms with E-state index in [0.29, 0.717) is 19.4 Å². The van der Waals surface area contributed by atoms with Crippen LogP contribution in [0.3, 0.4) is 0 Å². The van der Waals surface area contributed by atoms with Gasteiger partial charge in [-0.15, -0.1) is 0 Å². The number of ether oxygens (including phenoxy) is 1. The molecule has 62 valence electrons. The van der Waals surface area contributed by atoms with Crippen LogP contribution >= 0.6 is 0 Å². The second kappa shape index (κ2) is 5.65. The van der Waals surface area contributed by atoms with E-state index >= 15 is 0 Å². The fourth-order valence-corrected chi connectivity index (χ4v) is 0.660. The van der Waals surface area contributed by atoms with Crippen LogP contribution in [-0.4, -0.2) is 29.2 Å². The number of hydrogen-bond acceptors (Lipinski definition) is 3. The van der Waals surface area contributed by atoms with Gasteiger partial charge >= 0.3 is 0 Å². The van der Waals surface area contributed by atoms with E-state index in [1.165, 1.54) is 0 Å². The largest absolute Gasteiger partial charge is 0.393 e. The van der Waals surface area contributed by atoms with Crippen molar-refractivity contribution in [3.05, 3.63) is 0 Å². The highest BCUT2D eigenvalue weighted by Crippen LogP contribution is 2.02. The minimum atomic E-state index is -0.806. The van der Waals surface area contributed by atoms with Crippen LogP contribution in [0.5, 0.6) is 0 Å². The molecule has 0 rings (SSSR count). The van der Waals surface area contributed by atoms with E-state index in [1.807, 2.05) is 13.8 Å². The molecule has 0 bridgehead atoms. The fraction of sp³-hybridized carbons (Fsp3) is 1.00. The van der Waals surface area contributed by atoms with Crippen molar-refractivity contribution in [2.24, 2.45) is 0 Å². The number of aliphatic hydroxyl groups excluding tert-OH is 2. The average Bonchev–Trinajstić information content (AvgIpc) is 1.88. The first-order valence-corrected chi connectivity index (χ1v) is 3.68. The maximum atomic E-state index is 9.01. The van der Waals surface area contributed by atoms with Crippen LogP contribution < -0.4 is 0 Å². The Morgan fingerprint density at radius 3 is 2.30 bits per heavy atom. The van der Waals surface area contributed by atoms with Crippen LogP contribution in [0.1, 0.15) is 26.7 Å². The van der Waals surface area contributed by atoms with Gasteiger partial charge in [-0.05, 0) is 13.3 Å². The molecule has 0 saturated heterocycles. The SMILES string of the molecule is CCOC(O)CC(O)CC. The first-order chi connectivity index (χ1) is 4.70. The van der Waals surface area contributed by atoms with Crippen molar-refractivity contribution in [2.75, 3.05) is 6.61 Å². The minimum Gasteiger partial charge on any atom is -0.393 e. The van der Waals surface area contributed by atoms with Gasteiger partial charge in [0.1, 0.15) is 0 Å². The van der Waals surface area contributed by atoms with E-state index in [2.05, 4.69) is 0 Å². The molecule has 0 heterocycles. The van der Waals surface area contributed by atoms with Crippen molar-refractivity contribution in [2.45, 2.75) is 39.1 Å². The maximum absolute atomic E-state index is 9.01. The van der Waals surface area contributed by atoms with Gasteiger partial charge < -0.3 is 14.9 Å². The Balaban J connectivity index is 3.27. The van der Waals surface area contributed by atoms with Gasteiger partial charge in [0, 0.05) is 13.0 Å². The van der Waals surface area contributed by atoms with E-state index in [0.717, 1.165) is 0 Å². The molecule has 0 aliphatic carbocycles. The Morgan fingerprint density at radius 1 is 1.30 bits per heavy atom. The Bertz CT molecular complexity index is 75.3. The Hall–Kier alpha value is -0.120. The third-order valence-electron chi connectivity index (χ3n) is 1.30. The zero-order chi connectivity index (χ0) is 7.98. The van der Waals surface area contributed by atoms with Gasteiger partial charge in [0.25, 0.3) is 0 Å². The molecule has 2 N–H and O–H groups in total. The Labute approximate surface area is 61.6 Å². The van der Waals surface area contributed by atoms with Gasteiger partial charge in [-0.3, -0.25) is 0 Å². The fourth-order valence-electron chi connectivity index (χ4n) is 0.660. The van der Waals surface area contributed by atoms with Crippen LogP contribution in [0.15, 0.2) is 0 Å². The molecule has 0 aliphatic rings. The van der Waals surface area contributed by atoms with Crippen molar-refractivity contribution >= 4 is 0 Å². The first kappa shape index (κ1) is 9.88. The highest BCUT2D eigenvalue weighted by Gasteiger charge is 2.08. The average molecular weight is 148 g/mol. The molecular weight excluding hydrogens is 132 g/mol. The summed E-state index contributed by atoms with van der Waals surface area (Å²) in [6.45, 7) is 4.16. The van der Waals surface area contributed by atoms with Crippen molar-refractivity contribution in [1.82, 2.24) is 0 Å². The molecule has 10 heavy (non-hydrogen) atoms. The number of rotatable bonds is 5. The third kappa shape index (κ3) is 4.73. The molecule has 0 amide bonds. The van der Waals surface area contributed by atoms with Gasteiger partial charge in [0.15, 0.2) is 6.29 Å². The van der Waals surface area contributed by atoms with Crippen molar-refractivity contribution in [1.29, 1.82) is 0 Å². The van der Waals surface area contributed by atoms with Crippen LogP contribution in [-0.2, 0) is 4.74 Å². The molecule has 3 heteroatoms. The van der Waals surface area contributed by atoms with Gasteiger partial charge in [-0.2, -0.15) is 0 Å². The van der Waals surface area contributed by atoms with Gasteiger partial charge in [-0.1, -0.05) is 6.92 Å². The lowest BCUT2D eigenvalue weighted by atomic mass is 10.2. The molecule has 0 aromatic heterocycles. The second-order valence-corrected chi connectivity index (χ2v) is 2.21. The van der Waals surface area contributed by atoms with Gasteiger partial charge in [0.05, 0.1) is 6.10 Å². The highest BCUT2D eigenvalue weighted by molar-refractivity contribution is 4.53. The zero-order valence-corrected chi connectivity index (χ0v) is 6.58. The van der Waals surface area contributed by atoms with E-state index in [4.69, 9.17) is 14.9 Å². The highest BCUT2D eigenvalue weighted by atomic mass is 16.6. The summed E-state index contributed by atoms with van der Waals surface area (Å²) in [4.78, 5) is 0. The summed E-state index contributed by atoms with van der Waals surface area (Å²) >= 11 is 0. The normalized spacial score (nSPS) is 16.8. The smallest absolute Gasteiger partial charge is 0.156 e. The molecule has 3 nitrogen and oxygen atoms in total. The van der Waals surface area contributed by atoms with Gasteiger partial charge in [-0.25, -0.2) is 0 Å². The second-order valence-electron chi connectivity index (χ2n) is 2.21. The standard InChI is InChI=1S/C7H16O3/c1-3-6(8)5-7(9)10-4-2/h6-9H,3-5H2,1-2H3. The zero-order valence-electron chi connectivity index (χ0n) is 6.58. The lowest BCUT2D eigenvalue weighted by Gasteiger charge is -2.13. The van der Waals surface area contributed by atoms with E-state index in [-0.39, 0.29) is 0 Å². The molecule has 0 aromatic carbocycles. The summed E-state index contributed by atoms with van der Waals surface area (Å²) in [6, 6.07) is 0. The predicted octanol–water partition coefficient (Wildman–Crippen LogP) is 0.502. The van der Waals surface area contributed by atoms with E-state index < -0.39 is 12.4 Å². The molecule has 0 saturated carbocycles.